The third-order valence-corrected chi connectivity index (χ3v) is 4.31. The van der Waals surface area contributed by atoms with Crippen molar-refractivity contribution in [3.8, 4) is 5.75 Å². The van der Waals surface area contributed by atoms with E-state index in [9.17, 15) is 0 Å². The van der Waals surface area contributed by atoms with Crippen LogP contribution in [0.5, 0.6) is 5.75 Å². The summed E-state index contributed by atoms with van der Waals surface area (Å²) >= 11 is 0. The predicted molar refractivity (Wildman–Crippen MR) is 82.0 cm³/mol. The Hall–Kier alpha value is -1.61. The van der Waals surface area contributed by atoms with E-state index in [1.807, 2.05) is 31.4 Å². The van der Waals surface area contributed by atoms with Gasteiger partial charge >= 0.3 is 0 Å². The van der Waals surface area contributed by atoms with Gasteiger partial charge in [0, 0.05) is 17.6 Å². The molecule has 0 spiro atoms. The fraction of sp³-hybridized carbons (Fsp3) is 0.471. The van der Waals surface area contributed by atoms with Crippen LogP contribution in [0.3, 0.4) is 0 Å². The number of pyridine rings is 1. The van der Waals surface area contributed by atoms with Crippen LogP contribution in [0, 0.1) is 5.92 Å². The molecule has 3 atom stereocenters. The van der Waals surface area contributed by atoms with Crippen molar-refractivity contribution in [2.75, 3.05) is 7.05 Å². The Morgan fingerprint density at radius 1 is 1.20 bits per heavy atom. The molecule has 0 radical (unpaired) electrons. The Labute approximate surface area is 120 Å². The zero-order valence-corrected chi connectivity index (χ0v) is 12.2. The Morgan fingerprint density at radius 2 is 2.10 bits per heavy atom. The summed E-state index contributed by atoms with van der Waals surface area (Å²) in [6.07, 6.45) is 5.65. The van der Waals surface area contributed by atoms with E-state index < -0.39 is 0 Å². The minimum Gasteiger partial charge on any atom is -0.488 e. The molecule has 1 aromatic heterocycles. The normalized spacial score (nSPS) is 26.6. The number of hydrogen-bond acceptors (Lipinski definition) is 3. The largest absolute Gasteiger partial charge is 0.488 e. The van der Waals surface area contributed by atoms with E-state index in [2.05, 4.69) is 29.4 Å². The maximum atomic E-state index is 6.34. The lowest BCUT2D eigenvalue weighted by Crippen LogP contribution is -2.45. The molecule has 20 heavy (non-hydrogen) atoms. The summed E-state index contributed by atoms with van der Waals surface area (Å²) in [5.41, 5.74) is 0.995. The lowest BCUT2D eigenvalue weighted by atomic mass is 9.85. The molecule has 0 aliphatic heterocycles. The van der Waals surface area contributed by atoms with Crippen LogP contribution in [-0.2, 0) is 0 Å². The van der Waals surface area contributed by atoms with Crippen molar-refractivity contribution in [1.82, 2.24) is 10.3 Å². The first-order chi connectivity index (χ1) is 9.78. The molecule has 106 valence electrons. The van der Waals surface area contributed by atoms with Crippen LogP contribution in [-0.4, -0.2) is 24.2 Å². The highest BCUT2D eigenvalue weighted by Gasteiger charge is 2.29. The number of likely N-dealkylation sites (N-methyl/N-ethyl adjacent to an activating group) is 1. The summed E-state index contributed by atoms with van der Waals surface area (Å²) in [7, 11) is 2.03. The number of aromatic nitrogens is 1. The lowest BCUT2D eigenvalue weighted by Gasteiger charge is -2.35. The maximum absolute atomic E-state index is 6.34. The molecule has 1 aliphatic rings. The smallest absolute Gasteiger partial charge is 0.129 e. The Kier molecular flexibility index (Phi) is 3.88. The van der Waals surface area contributed by atoms with Gasteiger partial charge in [0.05, 0.1) is 5.52 Å². The topological polar surface area (TPSA) is 34.1 Å². The standard InChI is InChI=1S/C17H22N2O/c1-12-8-9-15(18-2)17(11-12)20-16-7-3-6-14-13(16)5-4-10-19-14/h3-7,10,12,15,17-18H,8-9,11H2,1-2H3. The maximum Gasteiger partial charge on any atom is 0.129 e. The van der Waals surface area contributed by atoms with Crippen molar-refractivity contribution in [3.63, 3.8) is 0 Å². The molecule has 1 aliphatic carbocycles. The summed E-state index contributed by atoms with van der Waals surface area (Å²) in [4.78, 5) is 4.39. The highest BCUT2D eigenvalue weighted by atomic mass is 16.5. The molecule has 0 saturated heterocycles. The van der Waals surface area contributed by atoms with E-state index in [1.165, 1.54) is 12.8 Å². The van der Waals surface area contributed by atoms with Gasteiger partial charge < -0.3 is 10.1 Å². The average Bonchev–Trinajstić information content (AvgIpc) is 2.48. The second kappa shape index (κ2) is 5.80. The average molecular weight is 270 g/mol. The van der Waals surface area contributed by atoms with Crippen molar-refractivity contribution in [2.24, 2.45) is 5.92 Å². The minimum absolute atomic E-state index is 0.245. The second-order valence-electron chi connectivity index (χ2n) is 5.80. The molecule has 3 heteroatoms. The summed E-state index contributed by atoms with van der Waals surface area (Å²) in [5.74, 6) is 1.69. The second-order valence-corrected chi connectivity index (χ2v) is 5.80. The van der Waals surface area contributed by atoms with Crippen LogP contribution in [0.15, 0.2) is 36.5 Å². The number of benzene rings is 1. The molecule has 0 bridgehead atoms. The fourth-order valence-electron chi connectivity index (χ4n) is 3.13. The molecule has 1 N–H and O–H groups in total. The van der Waals surface area contributed by atoms with Crippen molar-refractivity contribution in [1.29, 1.82) is 0 Å². The number of nitrogens with one attached hydrogen (secondary N) is 1. The number of nitrogens with zero attached hydrogens (tertiary/aromatic N) is 1. The molecule has 1 fully saturated rings. The van der Waals surface area contributed by atoms with E-state index in [0.29, 0.717) is 6.04 Å². The van der Waals surface area contributed by atoms with E-state index >= 15 is 0 Å². The number of rotatable bonds is 3. The first-order valence-corrected chi connectivity index (χ1v) is 7.45. The van der Waals surface area contributed by atoms with Crippen LogP contribution < -0.4 is 10.1 Å². The number of ether oxygens (including phenoxy) is 1. The minimum atomic E-state index is 0.245. The lowest BCUT2D eigenvalue weighted by molar-refractivity contribution is 0.0958. The van der Waals surface area contributed by atoms with Gasteiger partial charge in [0.15, 0.2) is 0 Å². The zero-order chi connectivity index (χ0) is 13.9. The Balaban J connectivity index is 1.88. The van der Waals surface area contributed by atoms with Crippen LogP contribution in [0.1, 0.15) is 26.2 Å². The zero-order valence-electron chi connectivity index (χ0n) is 12.2. The third-order valence-electron chi connectivity index (χ3n) is 4.31. The molecular formula is C17H22N2O. The van der Waals surface area contributed by atoms with Crippen LogP contribution in [0.2, 0.25) is 0 Å². The quantitative estimate of drug-likeness (QED) is 0.928. The molecular weight excluding hydrogens is 248 g/mol. The first-order valence-electron chi connectivity index (χ1n) is 7.45. The van der Waals surface area contributed by atoms with Gasteiger partial charge in [0.25, 0.3) is 0 Å². The fourth-order valence-corrected chi connectivity index (χ4v) is 3.13. The van der Waals surface area contributed by atoms with E-state index in [4.69, 9.17) is 4.74 Å². The number of fused-ring (bicyclic) bond motifs is 1. The monoisotopic (exact) mass is 270 g/mol. The first kappa shape index (κ1) is 13.4. The van der Waals surface area contributed by atoms with E-state index in [1.54, 1.807) is 0 Å². The molecule has 3 unspecified atom stereocenters. The summed E-state index contributed by atoms with van der Waals surface area (Å²) in [6, 6.07) is 10.6. The summed E-state index contributed by atoms with van der Waals surface area (Å²) < 4.78 is 6.34. The predicted octanol–water partition coefficient (Wildman–Crippen LogP) is 3.39. The van der Waals surface area contributed by atoms with Gasteiger partial charge in [-0.05, 0) is 56.5 Å². The van der Waals surface area contributed by atoms with Gasteiger partial charge in [0.1, 0.15) is 11.9 Å². The molecule has 2 aromatic rings. The molecule has 3 nitrogen and oxygen atoms in total. The van der Waals surface area contributed by atoms with E-state index in [0.717, 1.165) is 29.0 Å². The van der Waals surface area contributed by atoms with Crippen molar-refractivity contribution in [3.05, 3.63) is 36.5 Å². The van der Waals surface area contributed by atoms with Crippen LogP contribution in [0.25, 0.3) is 10.9 Å². The number of hydrogen-bond donors (Lipinski definition) is 1. The van der Waals surface area contributed by atoms with Crippen molar-refractivity contribution >= 4 is 10.9 Å². The van der Waals surface area contributed by atoms with Gasteiger partial charge in [-0.1, -0.05) is 13.0 Å². The Bertz CT molecular complexity index is 579. The molecule has 1 saturated carbocycles. The van der Waals surface area contributed by atoms with E-state index in [-0.39, 0.29) is 6.10 Å². The van der Waals surface area contributed by atoms with Gasteiger partial charge in [0.2, 0.25) is 0 Å². The molecule has 0 amide bonds. The van der Waals surface area contributed by atoms with Crippen molar-refractivity contribution < 1.29 is 4.74 Å². The van der Waals surface area contributed by atoms with Gasteiger partial charge in [-0.3, -0.25) is 4.98 Å². The van der Waals surface area contributed by atoms with Crippen LogP contribution in [0.4, 0.5) is 0 Å². The Morgan fingerprint density at radius 3 is 2.95 bits per heavy atom. The summed E-state index contributed by atoms with van der Waals surface area (Å²) in [6.45, 7) is 2.31. The molecule has 1 heterocycles. The highest BCUT2D eigenvalue weighted by molar-refractivity contribution is 5.84. The van der Waals surface area contributed by atoms with Gasteiger partial charge in [-0.25, -0.2) is 0 Å². The third kappa shape index (κ3) is 2.63. The van der Waals surface area contributed by atoms with Crippen LogP contribution >= 0.6 is 0 Å². The van der Waals surface area contributed by atoms with Crippen molar-refractivity contribution in [2.45, 2.75) is 38.3 Å². The van der Waals surface area contributed by atoms with Gasteiger partial charge in [-0.2, -0.15) is 0 Å². The van der Waals surface area contributed by atoms with Gasteiger partial charge in [-0.15, -0.1) is 0 Å². The highest BCUT2D eigenvalue weighted by Crippen LogP contribution is 2.31. The SMILES string of the molecule is CNC1CCC(C)CC1Oc1cccc2ncccc12. The summed E-state index contributed by atoms with van der Waals surface area (Å²) in [5, 5.41) is 4.50. The molecule has 1 aromatic carbocycles. The molecule has 3 rings (SSSR count).